The molecule has 0 fully saturated rings. The highest BCUT2D eigenvalue weighted by Crippen LogP contribution is 2.18. The highest BCUT2D eigenvalue weighted by Gasteiger charge is 2.26. The van der Waals surface area contributed by atoms with Gasteiger partial charge in [0.1, 0.15) is 0 Å². The van der Waals surface area contributed by atoms with E-state index in [9.17, 15) is 9.59 Å². The molecular weight excluding hydrogens is 302 g/mol. The molecule has 0 spiro atoms. The van der Waals surface area contributed by atoms with Gasteiger partial charge in [0, 0.05) is 44.2 Å². The molecule has 0 aromatic carbocycles. The van der Waals surface area contributed by atoms with E-state index >= 15 is 0 Å². The van der Waals surface area contributed by atoms with Gasteiger partial charge in [-0.3, -0.25) is 14.5 Å². The normalized spacial score (nSPS) is 16.1. The maximum atomic E-state index is 12.3. The number of anilines is 1. The van der Waals surface area contributed by atoms with Crippen molar-refractivity contribution in [2.24, 2.45) is 7.05 Å². The summed E-state index contributed by atoms with van der Waals surface area (Å²) in [6, 6.07) is 1.32. The number of hydrogen-bond acceptors (Lipinski definition) is 6. The van der Waals surface area contributed by atoms with Gasteiger partial charge in [-0.15, -0.1) is 11.3 Å². The Balaban J connectivity index is 1.72. The van der Waals surface area contributed by atoms with Crippen molar-refractivity contribution in [1.82, 2.24) is 19.7 Å². The number of aromatic nitrogens is 3. The largest absolute Gasteiger partial charge is 0.301 e. The molecule has 0 bridgehead atoms. The fraction of sp³-hybridized carbons (Fsp3) is 0.429. The van der Waals surface area contributed by atoms with Crippen LogP contribution >= 0.6 is 11.3 Å². The maximum Gasteiger partial charge on any atom is 0.266 e. The summed E-state index contributed by atoms with van der Waals surface area (Å²) in [7, 11) is 1.65. The van der Waals surface area contributed by atoms with E-state index in [-0.39, 0.29) is 17.5 Å². The molecule has 3 rings (SSSR count). The van der Waals surface area contributed by atoms with E-state index < -0.39 is 0 Å². The Hall–Kier alpha value is -2.06. The lowest BCUT2D eigenvalue weighted by atomic mass is 10.0. The number of aryl methyl sites for hydroxylation is 1. The molecule has 116 valence electrons. The number of fused-ring (bicyclic) bond motifs is 1. The van der Waals surface area contributed by atoms with E-state index in [1.807, 2.05) is 17.2 Å². The first-order valence-electron chi connectivity index (χ1n) is 7.05. The van der Waals surface area contributed by atoms with Crippen LogP contribution < -0.4 is 10.9 Å². The molecule has 1 aliphatic rings. The standard InChI is InChI=1S/C14H17N5O2S/c1-9(13(21)16-14-15-4-6-22-14)19-5-3-11-10(8-19)7-12(20)18(2)17-11/h4,6-7,9H,3,5,8H2,1-2H3,(H,15,16,21)/t9-/m0/s1. The van der Waals surface area contributed by atoms with Crippen LogP contribution in [0, 0.1) is 0 Å². The van der Waals surface area contributed by atoms with Crippen LogP contribution in [0.4, 0.5) is 5.13 Å². The van der Waals surface area contributed by atoms with Gasteiger partial charge in [0.15, 0.2) is 5.13 Å². The van der Waals surface area contributed by atoms with Gasteiger partial charge in [0.2, 0.25) is 5.91 Å². The van der Waals surface area contributed by atoms with Crippen LogP contribution in [0.1, 0.15) is 18.2 Å². The van der Waals surface area contributed by atoms with Crippen LogP contribution in [-0.2, 0) is 24.8 Å². The molecular formula is C14H17N5O2S. The zero-order valence-corrected chi connectivity index (χ0v) is 13.3. The van der Waals surface area contributed by atoms with Crippen molar-refractivity contribution >= 4 is 22.4 Å². The zero-order valence-electron chi connectivity index (χ0n) is 12.4. The highest BCUT2D eigenvalue weighted by atomic mass is 32.1. The fourth-order valence-electron chi connectivity index (χ4n) is 2.51. The maximum absolute atomic E-state index is 12.3. The lowest BCUT2D eigenvalue weighted by molar-refractivity contribution is -0.121. The summed E-state index contributed by atoms with van der Waals surface area (Å²) in [4.78, 5) is 30.1. The molecule has 0 aliphatic carbocycles. The smallest absolute Gasteiger partial charge is 0.266 e. The third-order valence-corrected chi connectivity index (χ3v) is 4.55. The summed E-state index contributed by atoms with van der Waals surface area (Å²) >= 11 is 1.39. The van der Waals surface area contributed by atoms with Crippen LogP contribution in [0.3, 0.4) is 0 Å². The Morgan fingerprint density at radius 2 is 2.32 bits per heavy atom. The minimum Gasteiger partial charge on any atom is -0.301 e. The Bertz CT molecular complexity index is 740. The molecule has 0 saturated carbocycles. The number of nitrogens with one attached hydrogen (secondary N) is 1. The number of amides is 1. The number of rotatable bonds is 3. The first-order chi connectivity index (χ1) is 10.5. The van der Waals surface area contributed by atoms with E-state index in [4.69, 9.17) is 0 Å². The first-order valence-corrected chi connectivity index (χ1v) is 7.93. The first kappa shape index (κ1) is 14.9. The van der Waals surface area contributed by atoms with Crippen molar-refractivity contribution in [1.29, 1.82) is 0 Å². The second-order valence-corrected chi connectivity index (χ2v) is 6.20. The predicted molar refractivity (Wildman–Crippen MR) is 83.8 cm³/mol. The summed E-state index contributed by atoms with van der Waals surface area (Å²) in [5, 5.41) is 9.51. The lowest BCUT2D eigenvalue weighted by Crippen LogP contribution is -2.45. The molecule has 1 aliphatic heterocycles. The number of hydrogen-bond donors (Lipinski definition) is 1. The van der Waals surface area contributed by atoms with Crippen LogP contribution in [0.25, 0.3) is 0 Å². The number of carbonyl (C=O) groups is 1. The topological polar surface area (TPSA) is 80.1 Å². The molecule has 2 aromatic heterocycles. The Kier molecular flexibility index (Phi) is 4.04. The summed E-state index contributed by atoms with van der Waals surface area (Å²) in [5.41, 5.74) is 1.72. The van der Waals surface area contributed by atoms with Crippen LogP contribution in [-0.4, -0.2) is 38.2 Å². The second-order valence-electron chi connectivity index (χ2n) is 5.30. The fourth-order valence-corrected chi connectivity index (χ4v) is 3.04. The van der Waals surface area contributed by atoms with Crippen LogP contribution in [0.5, 0.6) is 0 Å². The van der Waals surface area contributed by atoms with E-state index in [2.05, 4.69) is 15.4 Å². The van der Waals surface area contributed by atoms with E-state index in [1.165, 1.54) is 16.0 Å². The number of nitrogens with zero attached hydrogens (tertiary/aromatic N) is 4. The summed E-state index contributed by atoms with van der Waals surface area (Å²) in [6.45, 7) is 3.16. The molecule has 1 amide bonds. The van der Waals surface area contributed by atoms with Crippen molar-refractivity contribution < 1.29 is 4.79 Å². The molecule has 8 heteroatoms. The van der Waals surface area contributed by atoms with Crippen molar-refractivity contribution in [3.63, 3.8) is 0 Å². The van der Waals surface area contributed by atoms with Crippen molar-refractivity contribution in [3.05, 3.63) is 39.3 Å². The summed E-state index contributed by atoms with van der Waals surface area (Å²) in [5.74, 6) is -0.0878. The molecule has 0 saturated heterocycles. The molecule has 7 nitrogen and oxygen atoms in total. The highest BCUT2D eigenvalue weighted by molar-refractivity contribution is 7.13. The van der Waals surface area contributed by atoms with E-state index in [0.29, 0.717) is 11.7 Å². The molecule has 0 unspecified atom stereocenters. The molecule has 0 radical (unpaired) electrons. The summed E-state index contributed by atoms with van der Waals surface area (Å²) < 4.78 is 1.35. The van der Waals surface area contributed by atoms with E-state index in [0.717, 1.165) is 24.2 Å². The van der Waals surface area contributed by atoms with Crippen molar-refractivity contribution in [2.75, 3.05) is 11.9 Å². The SMILES string of the molecule is C[C@@H](C(=O)Nc1nccs1)N1CCc2nn(C)c(=O)cc2C1. The average molecular weight is 319 g/mol. The average Bonchev–Trinajstić information content (AvgIpc) is 3.00. The minimum atomic E-state index is -0.291. The minimum absolute atomic E-state index is 0.0878. The van der Waals surface area contributed by atoms with Gasteiger partial charge in [-0.25, -0.2) is 9.67 Å². The van der Waals surface area contributed by atoms with Crippen LogP contribution in [0.15, 0.2) is 22.4 Å². The van der Waals surface area contributed by atoms with Crippen molar-refractivity contribution in [2.45, 2.75) is 25.9 Å². The number of thiazole rings is 1. The van der Waals surface area contributed by atoms with Crippen molar-refractivity contribution in [3.8, 4) is 0 Å². The second kappa shape index (κ2) is 5.98. The third kappa shape index (κ3) is 2.93. The molecule has 1 atom stereocenters. The van der Waals surface area contributed by atoms with Gasteiger partial charge in [-0.1, -0.05) is 0 Å². The van der Waals surface area contributed by atoms with Gasteiger partial charge >= 0.3 is 0 Å². The quantitative estimate of drug-likeness (QED) is 0.897. The molecule has 3 heterocycles. The van der Waals surface area contributed by atoms with Gasteiger partial charge < -0.3 is 5.32 Å². The van der Waals surface area contributed by atoms with Gasteiger partial charge in [-0.2, -0.15) is 5.10 Å². The van der Waals surface area contributed by atoms with Crippen LogP contribution in [0.2, 0.25) is 0 Å². The molecule has 2 aromatic rings. The summed E-state index contributed by atoms with van der Waals surface area (Å²) in [6.07, 6.45) is 2.39. The van der Waals surface area contributed by atoms with Gasteiger partial charge in [-0.05, 0) is 12.5 Å². The lowest BCUT2D eigenvalue weighted by Gasteiger charge is -2.32. The molecule has 22 heavy (non-hydrogen) atoms. The zero-order chi connectivity index (χ0) is 15.7. The monoisotopic (exact) mass is 319 g/mol. The predicted octanol–water partition coefficient (Wildman–Crippen LogP) is 0.622. The molecule has 1 N–H and O–H groups in total. The van der Waals surface area contributed by atoms with Gasteiger partial charge in [0.25, 0.3) is 5.56 Å². The Labute approximate surface area is 131 Å². The van der Waals surface area contributed by atoms with Gasteiger partial charge in [0.05, 0.1) is 11.7 Å². The Morgan fingerprint density at radius 1 is 1.50 bits per heavy atom. The number of carbonyl (C=O) groups excluding carboxylic acids is 1. The van der Waals surface area contributed by atoms with E-state index in [1.54, 1.807) is 19.3 Å². The third-order valence-electron chi connectivity index (χ3n) is 3.86. The Morgan fingerprint density at radius 3 is 3.05 bits per heavy atom.